The van der Waals surface area contributed by atoms with Gasteiger partial charge in [-0.1, -0.05) is 18.0 Å². The monoisotopic (exact) mass is 388 g/mol. The van der Waals surface area contributed by atoms with E-state index in [1.165, 1.54) is 12.8 Å². The van der Waals surface area contributed by atoms with Crippen LogP contribution in [0.2, 0.25) is 0 Å². The average molecular weight is 389 g/mol. The van der Waals surface area contributed by atoms with Crippen molar-refractivity contribution in [3.05, 3.63) is 23.8 Å². The number of nitrogens with two attached hydrogens (primary N) is 1. The van der Waals surface area contributed by atoms with E-state index in [1.807, 2.05) is 10.9 Å². The van der Waals surface area contributed by atoms with Crippen LogP contribution in [0.1, 0.15) is 75.9 Å². The van der Waals surface area contributed by atoms with Gasteiger partial charge in [0.2, 0.25) is 0 Å². The molecule has 7 nitrogen and oxygen atoms in total. The lowest BCUT2D eigenvalue weighted by Gasteiger charge is -2.17. The Morgan fingerprint density at radius 2 is 1.96 bits per heavy atom. The summed E-state index contributed by atoms with van der Waals surface area (Å²) in [6.45, 7) is 4.22. The molecular weight excluding hydrogens is 364 g/mol. The van der Waals surface area contributed by atoms with Gasteiger partial charge in [0.25, 0.3) is 5.89 Å². The highest BCUT2D eigenvalue weighted by Gasteiger charge is 2.36. The minimum absolute atomic E-state index is 0. The molecule has 2 saturated carbocycles. The first-order valence-electron chi connectivity index (χ1n) is 9.57. The Kier molecular flexibility index (Phi) is 4.47. The molecule has 8 heteroatoms. The molecule has 2 N–H and O–H groups in total. The molecule has 3 heterocycles. The summed E-state index contributed by atoms with van der Waals surface area (Å²) in [5, 5.41) is 9.72. The summed E-state index contributed by atoms with van der Waals surface area (Å²) in [6, 6.07) is 2.34. The van der Waals surface area contributed by atoms with E-state index in [9.17, 15) is 0 Å². The number of fused-ring (bicyclic) bond motifs is 1. The number of halogens is 1. The van der Waals surface area contributed by atoms with Gasteiger partial charge in [0.15, 0.2) is 11.5 Å². The summed E-state index contributed by atoms with van der Waals surface area (Å²) < 4.78 is 7.62. The fourth-order valence-electron chi connectivity index (χ4n) is 3.95. The van der Waals surface area contributed by atoms with Gasteiger partial charge in [-0.15, -0.1) is 12.4 Å². The van der Waals surface area contributed by atoms with Gasteiger partial charge in [-0.3, -0.25) is 0 Å². The van der Waals surface area contributed by atoms with Gasteiger partial charge < -0.3 is 10.3 Å². The predicted octanol–water partition coefficient (Wildman–Crippen LogP) is 4.09. The summed E-state index contributed by atoms with van der Waals surface area (Å²) in [7, 11) is 0. The highest BCUT2D eigenvalue weighted by atomic mass is 35.5. The Morgan fingerprint density at radius 1 is 1.22 bits per heavy atom. The summed E-state index contributed by atoms with van der Waals surface area (Å²) in [5.74, 6) is 1.68. The van der Waals surface area contributed by atoms with Gasteiger partial charge >= 0.3 is 0 Å². The third kappa shape index (κ3) is 3.02. The van der Waals surface area contributed by atoms with Crippen LogP contribution in [0.4, 0.5) is 0 Å². The van der Waals surface area contributed by atoms with Crippen LogP contribution >= 0.6 is 12.4 Å². The van der Waals surface area contributed by atoms with Crippen LogP contribution in [-0.2, 0) is 5.54 Å². The molecule has 0 radical (unpaired) electrons. The molecule has 144 valence electrons. The highest BCUT2D eigenvalue weighted by molar-refractivity contribution is 5.90. The largest absolute Gasteiger partial charge is 0.334 e. The smallest absolute Gasteiger partial charge is 0.258 e. The molecule has 2 aliphatic rings. The van der Waals surface area contributed by atoms with Crippen LogP contribution in [0.25, 0.3) is 22.5 Å². The van der Waals surface area contributed by atoms with E-state index >= 15 is 0 Å². The third-order valence-corrected chi connectivity index (χ3v) is 5.67. The number of nitrogens with zero attached hydrogens (tertiary/aromatic N) is 5. The van der Waals surface area contributed by atoms with Crippen molar-refractivity contribution in [2.75, 3.05) is 0 Å². The molecule has 5 rings (SSSR count). The van der Waals surface area contributed by atoms with Crippen LogP contribution in [0.5, 0.6) is 0 Å². The quantitative estimate of drug-likeness (QED) is 0.723. The Hall–Kier alpha value is -1.99. The third-order valence-electron chi connectivity index (χ3n) is 5.67. The molecule has 0 bridgehead atoms. The lowest BCUT2D eigenvalue weighted by molar-refractivity contribution is 0.373. The second kappa shape index (κ2) is 6.56. The van der Waals surface area contributed by atoms with Crippen LogP contribution < -0.4 is 5.73 Å². The first-order chi connectivity index (χ1) is 12.5. The molecule has 0 amide bonds. The summed E-state index contributed by atoms with van der Waals surface area (Å²) >= 11 is 0. The summed E-state index contributed by atoms with van der Waals surface area (Å²) in [4.78, 5) is 9.58. The van der Waals surface area contributed by atoms with Crippen LogP contribution in [0, 0.1) is 0 Å². The first kappa shape index (κ1) is 18.4. The topological polar surface area (TPSA) is 95.7 Å². The van der Waals surface area contributed by atoms with Gasteiger partial charge in [0.05, 0.1) is 22.7 Å². The lowest BCUT2D eigenvalue weighted by Crippen LogP contribution is -2.34. The zero-order valence-corrected chi connectivity index (χ0v) is 16.5. The van der Waals surface area contributed by atoms with Crippen molar-refractivity contribution in [1.82, 2.24) is 24.9 Å². The van der Waals surface area contributed by atoms with Crippen molar-refractivity contribution in [2.45, 2.75) is 69.9 Å². The van der Waals surface area contributed by atoms with Crippen molar-refractivity contribution < 1.29 is 4.52 Å². The maximum atomic E-state index is 6.50. The zero-order valence-electron chi connectivity index (χ0n) is 15.7. The van der Waals surface area contributed by atoms with Crippen molar-refractivity contribution in [1.29, 1.82) is 0 Å². The number of hydrogen-bond donors (Lipinski definition) is 1. The molecule has 2 fully saturated rings. The van der Waals surface area contributed by atoms with Crippen LogP contribution in [0.15, 0.2) is 16.8 Å². The zero-order chi connectivity index (χ0) is 17.9. The second-order valence-electron chi connectivity index (χ2n) is 8.08. The van der Waals surface area contributed by atoms with Crippen molar-refractivity contribution >= 4 is 23.4 Å². The molecular formula is C19H25ClN6O. The fourth-order valence-corrected chi connectivity index (χ4v) is 3.95. The SMILES string of the molecule is CC(C)n1ncc2c(-c3nc(C4(N)CCCC4)no3)cc(C3CC3)nc21.Cl. The molecule has 0 saturated heterocycles. The molecule has 0 aromatic carbocycles. The number of aromatic nitrogens is 5. The lowest BCUT2D eigenvalue weighted by atomic mass is 9.98. The average Bonchev–Trinajstić information content (AvgIpc) is 3.02. The molecule has 0 atom stereocenters. The Labute approximate surface area is 164 Å². The number of rotatable bonds is 4. The van der Waals surface area contributed by atoms with Crippen molar-refractivity contribution in [2.24, 2.45) is 5.73 Å². The Bertz CT molecular complexity index is 968. The van der Waals surface area contributed by atoms with Crippen molar-refractivity contribution in [3.8, 4) is 11.5 Å². The van der Waals surface area contributed by atoms with Crippen LogP contribution in [-0.4, -0.2) is 24.9 Å². The normalized spacial score (nSPS) is 19.0. The van der Waals surface area contributed by atoms with E-state index < -0.39 is 5.54 Å². The van der Waals surface area contributed by atoms with E-state index in [4.69, 9.17) is 20.2 Å². The van der Waals surface area contributed by atoms with E-state index in [1.54, 1.807) is 0 Å². The predicted molar refractivity (Wildman–Crippen MR) is 105 cm³/mol. The molecule has 0 aliphatic heterocycles. The van der Waals surface area contributed by atoms with E-state index in [0.717, 1.165) is 48.0 Å². The van der Waals surface area contributed by atoms with Gasteiger partial charge in [0, 0.05) is 17.7 Å². The summed E-state index contributed by atoms with van der Waals surface area (Å²) in [5.41, 5.74) is 8.96. The number of pyridine rings is 1. The fraction of sp³-hybridized carbons (Fsp3) is 0.579. The van der Waals surface area contributed by atoms with Gasteiger partial charge in [-0.25, -0.2) is 9.67 Å². The van der Waals surface area contributed by atoms with Gasteiger partial charge in [-0.2, -0.15) is 10.1 Å². The van der Waals surface area contributed by atoms with E-state index in [-0.39, 0.29) is 18.4 Å². The summed E-state index contributed by atoms with van der Waals surface area (Å²) in [6.07, 6.45) is 8.29. The first-order valence-corrected chi connectivity index (χ1v) is 9.57. The molecule has 3 aromatic rings. The maximum Gasteiger partial charge on any atom is 0.258 e. The Morgan fingerprint density at radius 3 is 2.63 bits per heavy atom. The molecule has 0 spiro atoms. The second-order valence-corrected chi connectivity index (χ2v) is 8.08. The van der Waals surface area contributed by atoms with Crippen LogP contribution in [0.3, 0.4) is 0 Å². The van der Waals surface area contributed by atoms with Crippen molar-refractivity contribution in [3.63, 3.8) is 0 Å². The standard InChI is InChI=1S/C19H24N6O.ClH/c1-11(2)25-16-14(10-21-25)13(9-15(22-16)12-5-6-12)17-23-18(24-26-17)19(20)7-3-4-8-19;/h9-12H,3-8,20H2,1-2H3;1H. The Balaban J connectivity index is 0.00000180. The molecule has 0 unspecified atom stereocenters. The molecule has 3 aromatic heterocycles. The highest BCUT2D eigenvalue weighted by Crippen LogP contribution is 2.42. The maximum absolute atomic E-state index is 6.50. The molecule has 27 heavy (non-hydrogen) atoms. The molecule has 2 aliphatic carbocycles. The van der Waals surface area contributed by atoms with Gasteiger partial charge in [-0.05, 0) is 45.6 Å². The number of hydrogen-bond acceptors (Lipinski definition) is 6. The minimum atomic E-state index is -0.449. The van der Waals surface area contributed by atoms with E-state index in [2.05, 4.69) is 30.2 Å². The minimum Gasteiger partial charge on any atom is -0.334 e. The van der Waals surface area contributed by atoms with Gasteiger partial charge in [0.1, 0.15) is 0 Å². The van der Waals surface area contributed by atoms with E-state index in [0.29, 0.717) is 17.6 Å².